The molecule has 86 valence electrons. The SMILES string of the molecule is Clc1ccnc(C2CCCc3cccnc32)c1. The number of pyridine rings is 2. The lowest BCUT2D eigenvalue weighted by atomic mass is 9.84. The maximum absolute atomic E-state index is 6.03. The molecule has 0 aromatic carbocycles. The van der Waals surface area contributed by atoms with Gasteiger partial charge >= 0.3 is 0 Å². The molecule has 1 unspecified atom stereocenters. The van der Waals surface area contributed by atoms with Crippen LogP contribution < -0.4 is 0 Å². The van der Waals surface area contributed by atoms with Crippen LogP contribution in [0.2, 0.25) is 5.02 Å². The van der Waals surface area contributed by atoms with Gasteiger partial charge in [0.05, 0.1) is 11.4 Å². The number of rotatable bonds is 1. The molecule has 0 saturated carbocycles. The van der Waals surface area contributed by atoms with Crippen molar-refractivity contribution in [1.82, 2.24) is 9.97 Å². The Bertz CT molecular complexity index is 539. The molecule has 0 amide bonds. The van der Waals surface area contributed by atoms with Gasteiger partial charge in [-0.1, -0.05) is 17.7 Å². The average Bonchev–Trinajstić information content (AvgIpc) is 2.38. The van der Waals surface area contributed by atoms with Crippen molar-refractivity contribution in [2.24, 2.45) is 0 Å². The zero-order valence-corrected chi connectivity index (χ0v) is 10.2. The maximum atomic E-state index is 6.03. The first-order chi connectivity index (χ1) is 8.34. The molecule has 2 heterocycles. The summed E-state index contributed by atoms with van der Waals surface area (Å²) in [5.41, 5.74) is 3.57. The minimum Gasteiger partial charge on any atom is -0.260 e. The van der Waals surface area contributed by atoms with Crippen LogP contribution in [-0.2, 0) is 6.42 Å². The van der Waals surface area contributed by atoms with E-state index in [0.29, 0.717) is 5.92 Å². The van der Waals surface area contributed by atoms with Gasteiger partial charge in [-0.05, 0) is 43.0 Å². The summed E-state index contributed by atoms with van der Waals surface area (Å²) in [5, 5.41) is 0.748. The zero-order chi connectivity index (χ0) is 11.7. The first-order valence-electron chi connectivity index (χ1n) is 5.90. The number of fused-ring (bicyclic) bond motifs is 1. The van der Waals surface area contributed by atoms with E-state index in [0.717, 1.165) is 23.6 Å². The summed E-state index contributed by atoms with van der Waals surface area (Å²) < 4.78 is 0. The van der Waals surface area contributed by atoms with Crippen molar-refractivity contribution in [2.75, 3.05) is 0 Å². The molecule has 17 heavy (non-hydrogen) atoms. The third-order valence-corrected chi connectivity index (χ3v) is 3.53. The van der Waals surface area contributed by atoms with Crippen LogP contribution in [0.1, 0.15) is 35.7 Å². The summed E-state index contributed by atoms with van der Waals surface area (Å²) in [6.07, 6.45) is 7.06. The van der Waals surface area contributed by atoms with Gasteiger partial charge < -0.3 is 0 Å². The van der Waals surface area contributed by atoms with E-state index in [-0.39, 0.29) is 0 Å². The monoisotopic (exact) mass is 244 g/mol. The summed E-state index contributed by atoms with van der Waals surface area (Å²) >= 11 is 6.03. The zero-order valence-electron chi connectivity index (χ0n) is 9.44. The van der Waals surface area contributed by atoms with Crippen molar-refractivity contribution in [3.05, 3.63) is 58.6 Å². The molecule has 0 fully saturated rings. The van der Waals surface area contributed by atoms with Gasteiger partial charge in [0.15, 0.2) is 0 Å². The molecule has 0 N–H and O–H groups in total. The molecule has 0 bridgehead atoms. The molecular weight excluding hydrogens is 232 g/mol. The van der Waals surface area contributed by atoms with Gasteiger partial charge in [-0.15, -0.1) is 0 Å². The average molecular weight is 245 g/mol. The van der Waals surface area contributed by atoms with Gasteiger partial charge in [-0.3, -0.25) is 9.97 Å². The molecule has 2 aromatic rings. The van der Waals surface area contributed by atoms with Crippen LogP contribution in [0.15, 0.2) is 36.7 Å². The predicted octanol–water partition coefficient (Wildman–Crippen LogP) is 3.60. The third-order valence-electron chi connectivity index (χ3n) is 3.30. The van der Waals surface area contributed by atoms with Crippen LogP contribution in [0.5, 0.6) is 0 Å². The van der Waals surface area contributed by atoms with E-state index in [1.165, 1.54) is 17.7 Å². The van der Waals surface area contributed by atoms with E-state index in [1.807, 2.05) is 24.4 Å². The standard InChI is InChI=1S/C14H13ClN2/c15-11-6-8-16-13(9-11)12-5-1-3-10-4-2-7-17-14(10)12/h2,4,6-9,12H,1,3,5H2. The summed E-state index contributed by atoms with van der Waals surface area (Å²) in [4.78, 5) is 8.96. The minimum absolute atomic E-state index is 0.304. The smallest absolute Gasteiger partial charge is 0.0526 e. The highest BCUT2D eigenvalue weighted by Crippen LogP contribution is 2.34. The van der Waals surface area contributed by atoms with Crippen molar-refractivity contribution in [1.29, 1.82) is 0 Å². The molecule has 2 nitrogen and oxygen atoms in total. The molecule has 0 aliphatic heterocycles. The van der Waals surface area contributed by atoms with Crippen LogP contribution in [0.3, 0.4) is 0 Å². The van der Waals surface area contributed by atoms with Crippen LogP contribution in [0, 0.1) is 0 Å². The second-order valence-electron chi connectivity index (χ2n) is 4.39. The topological polar surface area (TPSA) is 25.8 Å². The van der Waals surface area contributed by atoms with E-state index < -0.39 is 0 Å². The van der Waals surface area contributed by atoms with E-state index >= 15 is 0 Å². The van der Waals surface area contributed by atoms with Crippen molar-refractivity contribution in [3.63, 3.8) is 0 Å². The predicted molar refractivity (Wildman–Crippen MR) is 68.3 cm³/mol. The minimum atomic E-state index is 0.304. The molecule has 0 spiro atoms. The first kappa shape index (κ1) is 10.7. The summed E-state index contributed by atoms with van der Waals surface area (Å²) in [7, 11) is 0. The number of aromatic nitrogens is 2. The first-order valence-corrected chi connectivity index (χ1v) is 6.27. The van der Waals surface area contributed by atoms with Crippen molar-refractivity contribution >= 4 is 11.6 Å². The molecule has 3 heteroatoms. The second-order valence-corrected chi connectivity index (χ2v) is 4.83. The molecule has 0 saturated heterocycles. The Kier molecular flexibility index (Phi) is 2.81. The normalized spacial score (nSPS) is 18.8. The molecule has 1 atom stereocenters. The Labute approximate surface area is 106 Å². The van der Waals surface area contributed by atoms with Crippen molar-refractivity contribution in [2.45, 2.75) is 25.2 Å². The number of aryl methyl sites for hydroxylation is 1. The number of hydrogen-bond acceptors (Lipinski definition) is 2. The van der Waals surface area contributed by atoms with Gasteiger partial charge in [-0.2, -0.15) is 0 Å². The summed E-state index contributed by atoms with van der Waals surface area (Å²) in [6, 6.07) is 7.94. The van der Waals surface area contributed by atoms with Gasteiger partial charge in [0, 0.05) is 23.3 Å². The summed E-state index contributed by atoms with van der Waals surface area (Å²) in [5.74, 6) is 0.304. The maximum Gasteiger partial charge on any atom is 0.0526 e. The molecule has 1 aliphatic rings. The van der Waals surface area contributed by atoms with Gasteiger partial charge in [0.2, 0.25) is 0 Å². The molecule has 3 rings (SSSR count). The van der Waals surface area contributed by atoms with Crippen molar-refractivity contribution < 1.29 is 0 Å². The fraction of sp³-hybridized carbons (Fsp3) is 0.286. The highest BCUT2D eigenvalue weighted by atomic mass is 35.5. The fourth-order valence-electron chi connectivity index (χ4n) is 2.51. The highest BCUT2D eigenvalue weighted by Gasteiger charge is 2.23. The molecule has 2 aromatic heterocycles. The van der Waals surface area contributed by atoms with Crippen LogP contribution >= 0.6 is 11.6 Å². The number of nitrogens with zero attached hydrogens (tertiary/aromatic N) is 2. The van der Waals surface area contributed by atoms with Gasteiger partial charge in [0.1, 0.15) is 0 Å². The number of halogens is 1. The fourth-order valence-corrected chi connectivity index (χ4v) is 2.68. The van der Waals surface area contributed by atoms with E-state index in [4.69, 9.17) is 11.6 Å². The van der Waals surface area contributed by atoms with Crippen LogP contribution in [-0.4, -0.2) is 9.97 Å². The Hall–Kier alpha value is -1.41. The Balaban J connectivity index is 2.06. The van der Waals surface area contributed by atoms with E-state index in [9.17, 15) is 0 Å². The quantitative estimate of drug-likeness (QED) is 0.766. The lowest BCUT2D eigenvalue weighted by Crippen LogP contribution is -2.13. The molecular formula is C14H13ClN2. The van der Waals surface area contributed by atoms with Gasteiger partial charge in [-0.25, -0.2) is 0 Å². The lowest BCUT2D eigenvalue weighted by molar-refractivity contribution is 0.588. The third kappa shape index (κ3) is 2.05. The van der Waals surface area contributed by atoms with E-state index in [1.54, 1.807) is 6.20 Å². The Morgan fingerprint density at radius 1 is 1.18 bits per heavy atom. The Morgan fingerprint density at radius 2 is 2.12 bits per heavy atom. The van der Waals surface area contributed by atoms with E-state index in [2.05, 4.69) is 16.0 Å². The molecule has 0 radical (unpaired) electrons. The Morgan fingerprint density at radius 3 is 3.00 bits per heavy atom. The number of hydrogen-bond donors (Lipinski definition) is 0. The molecule has 1 aliphatic carbocycles. The lowest BCUT2D eigenvalue weighted by Gasteiger charge is -2.23. The highest BCUT2D eigenvalue weighted by molar-refractivity contribution is 6.30. The van der Waals surface area contributed by atoms with Crippen LogP contribution in [0.25, 0.3) is 0 Å². The van der Waals surface area contributed by atoms with Crippen molar-refractivity contribution in [3.8, 4) is 0 Å². The largest absolute Gasteiger partial charge is 0.260 e. The van der Waals surface area contributed by atoms with Gasteiger partial charge in [0.25, 0.3) is 0 Å². The second kappa shape index (κ2) is 4.46. The van der Waals surface area contributed by atoms with Crippen LogP contribution in [0.4, 0.5) is 0 Å². The summed E-state index contributed by atoms with van der Waals surface area (Å²) in [6.45, 7) is 0.